The molecule has 6 heteroatoms. The van der Waals surface area contributed by atoms with Crippen molar-refractivity contribution in [2.75, 3.05) is 18.4 Å². The topological polar surface area (TPSA) is 67.2 Å². The van der Waals surface area contributed by atoms with Gasteiger partial charge in [0.1, 0.15) is 5.82 Å². The average Bonchev–Trinajstić information content (AvgIpc) is 3.61. The summed E-state index contributed by atoms with van der Waals surface area (Å²) in [6.45, 7) is 1.47. The molecule has 5 rings (SSSR count). The van der Waals surface area contributed by atoms with Gasteiger partial charge in [0.05, 0.1) is 5.69 Å². The van der Waals surface area contributed by atoms with E-state index in [2.05, 4.69) is 34.7 Å². The molecule has 3 aromatic rings. The van der Waals surface area contributed by atoms with Crippen molar-refractivity contribution in [2.45, 2.75) is 32.1 Å². The summed E-state index contributed by atoms with van der Waals surface area (Å²) in [4.78, 5) is 27.5. The molecule has 1 aliphatic heterocycles. The van der Waals surface area contributed by atoms with E-state index >= 15 is 0 Å². The maximum Gasteiger partial charge on any atom is 0.274 e. The number of nitrogens with zero attached hydrogens (tertiary/aromatic N) is 3. The van der Waals surface area contributed by atoms with Gasteiger partial charge in [-0.3, -0.25) is 9.59 Å². The molecule has 1 saturated carbocycles. The third-order valence-electron chi connectivity index (χ3n) is 6.40. The van der Waals surface area contributed by atoms with Gasteiger partial charge in [0.15, 0.2) is 5.69 Å². The summed E-state index contributed by atoms with van der Waals surface area (Å²) in [5.41, 5.74) is 2.55. The van der Waals surface area contributed by atoms with Crippen LogP contribution in [0.5, 0.6) is 0 Å². The van der Waals surface area contributed by atoms with Crippen molar-refractivity contribution in [1.82, 2.24) is 14.7 Å². The van der Waals surface area contributed by atoms with E-state index in [1.807, 2.05) is 41.3 Å². The highest BCUT2D eigenvalue weighted by Gasteiger charge is 2.31. The van der Waals surface area contributed by atoms with Crippen molar-refractivity contribution in [3.8, 4) is 5.69 Å². The zero-order valence-electron chi connectivity index (χ0n) is 18.1. The number of carbonyl (C=O) groups excluding carboxylic acids is 2. The first-order valence-corrected chi connectivity index (χ1v) is 11.5. The number of carbonyl (C=O) groups is 2. The highest BCUT2D eigenvalue weighted by molar-refractivity contribution is 5.97. The van der Waals surface area contributed by atoms with Crippen LogP contribution in [0.3, 0.4) is 0 Å². The van der Waals surface area contributed by atoms with Gasteiger partial charge in [-0.2, -0.15) is 5.10 Å². The predicted molar refractivity (Wildman–Crippen MR) is 124 cm³/mol. The number of benzene rings is 2. The van der Waals surface area contributed by atoms with Gasteiger partial charge >= 0.3 is 0 Å². The summed E-state index contributed by atoms with van der Waals surface area (Å²) >= 11 is 0. The lowest BCUT2D eigenvalue weighted by Gasteiger charge is -2.31. The molecular weight excluding hydrogens is 400 g/mol. The zero-order valence-corrected chi connectivity index (χ0v) is 18.1. The zero-order chi connectivity index (χ0) is 21.9. The van der Waals surface area contributed by atoms with Crippen LogP contribution in [-0.2, 0) is 11.2 Å². The number of hydrogen-bond acceptors (Lipinski definition) is 3. The number of piperidine rings is 1. The molecule has 2 amide bonds. The molecule has 0 radical (unpaired) electrons. The third kappa shape index (κ3) is 4.59. The molecule has 2 fully saturated rings. The first-order valence-electron chi connectivity index (χ1n) is 11.5. The quantitative estimate of drug-likeness (QED) is 0.636. The van der Waals surface area contributed by atoms with Crippen molar-refractivity contribution < 1.29 is 9.59 Å². The molecule has 0 bridgehead atoms. The summed E-state index contributed by atoms with van der Waals surface area (Å²) in [5.74, 6) is 1.16. The van der Waals surface area contributed by atoms with Crippen LogP contribution in [0.1, 0.15) is 41.7 Å². The molecule has 1 saturated heterocycles. The molecule has 0 atom stereocenters. The van der Waals surface area contributed by atoms with Crippen LogP contribution >= 0.6 is 0 Å². The van der Waals surface area contributed by atoms with Crippen LogP contribution in [0.4, 0.5) is 5.82 Å². The van der Waals surface area contributed by atoms with Gasteiger partial charge < -0.3 is 10.2 Å². The van der Waals surface area contributed by atoms with Crippen LogP contribution in [0.25, 0.3) is 5.69 Å². The van der Waals surface area contributed by atoms with Gasteiger partial charge in [0.2, 0.25) is 5.91 Å². The van der Waals surface area contributed by atoms with Gasteiger partial charge in [-0.1, -0.05) is 48.5 Å². The Morgan fingerprint density at radius 3 is 2.22 bits per heavy atom. The summed E-state index contributed by atoms with van der Waals surface area (Å²) in [7, 11) is 0. The molecule has 32 heavy (non-hydrogen) atoms. The number of anilines is 1. The average molecular weight is 429 g/mol. The van der Waals surface area contributed by atoms with Gasteiger partial charge in [-0.15, -0.1) is 0 Å². The fourth-order valence-corrected chi connectivity index (χ4v) is 4.36. The second kappa shape index (κ2) is 8.99. The van der Waals surface area contributed by atoms with Gasteiger partial charge in [-0.05, 0) is 55.7 Å². The minimum absolute atomic E-state index is 0.00260. The number of nitrogens with one attached hydrogen (secondary N) is 1. The second-order valence-corrected chi connectivity index (χ2v) is 8.85. The van der Waals surface area contributed by atoms with E-state index in [1.165, 1.54) is 5.56 Å². The maximum absolute atomic E-state index is 13.2. The minimum Gasteiger partial charge on any atom is -0.337 e. The summed E-state index contributed by atoms with van der Waals surface area (Å²) in [6, 6.07) is 21.9. The van der Waals surface area contributed by atoms with Gasteiger partial charge in [0, 0.05) is 25.1 Å². The largest absolute Gasteiger partial charge is 0.337 e. The Bertz CT molecular complexity index is 1080. The van der Waals surface area contributed by atoms with Crippen molar-refractivity contribution in [3.63, 3.8) is 0 Å². The number of rotatable bonds is 6. The summed E-state index contributed by atoms with van der Waals surface area (Å²) in [5, 5.41) is 7.56. The van der Waals surface area contributed by atoms with Crippen LogP contribution in [0.2, 0.25) is 0 Å². The number of amides is 2. The molecule has 1 N–H and O–H groups in total. The van der Waals surface area contributed by atoms with Crippen LogP contribution in [-0.4, -0.2) is 39.6 Å². The third-order valence-corrected chi connectivity index (χ3v) is 6.40. The summed E-state index contributed by atoms with van der Waals surface area (Å²) in [6.07, 6.45) is 4.89. The van der Waals surface area contributed by atoms with E-state index in [-0.39, 0.29) is 17.7 Å². The Morgan fingerprint density at radius 2 is 1.56 bits per heavy atom. The molecule has 2 heterocycles. The summed E-state index contributed by atoms with van der Waals surface area (Å²) < 4.78 is 1.66. The van der Waals surface area contributed by atoms with Crippen LogP contribution < -0.4 is 5.32 Å². The Morgan fingerprint density at radius 1 is 0.906 bits per heavy atom. The monoisotopic (exact) mass is 428 g/mol. The van der Waals surface area contributed by atoms with E-state index in [0.717, 1.165) is 50.9 Å². The van der Waals surface area contributed by atoms with E-state index in [0.29, 0.717) is 17.4 Å². The first kappa shape index (κ1) is 20.5. The van der Waals surface area contributed by atoms with Crippen LogP contribution in [0, 0.1) is 11.8 Å². The lowest BCUT2D eigenvalue weighted by atomic mass is 9.90. The van der Waals surface area contributed by atoms with Gasteiger partial charge in [0.25, 0.3) is 5.91 Å². The molecule has 0 spiro atoms. The molecule has 164 valence electrons. The standard InChI is InChI=1S/C26H28N4O2/c31-25(21-11-12-21)27-24-18-23(28-30(24)22-9-5-2-6-10-22)26(32)29-15-13-20(14-16-29)17-19-7-3-1-4-8-19/h1-10,18,20-21H,11-17H2,(H,27,31). The fourth-order valence-electron chi connectivity index (χ4n) is 4.36. The molecule has 6 nitrogen and oxygen atoms in total. The highest BCUT2D eigenvalue weighted by Crippen LogP contribution is 2.31. The van der Waals surface area contributed by atoms with E-state index in [1.54, 1.807) is 10.7 Å². The second-order valence-electron chi connectivity index (χ2n) is 8.85. The normalized spacial score (nSPS) is 16.7. The number of likely N-dealkylation sites (tertiary alicyclic amines) is 1. The Kier molecular flexibility index (Phi) is 5.75. The number of hydrogen-bond donors (Lipinski definition) is 1. The Balaban J connectivity index is 1.29. The lowest BCUT2D eigenvalue weighted by molar-refractivity contribution is -0.117. The minimum atomic E-state index is -0.0697. The van der Waals surface area contributed by atoms with Crippen molar-refractivity contribution >= 4 is 17.6 Å². The van der Waals surface area contributed by atoms with E-state index in [9.17, 15) is 9.59 Å². The van der Waals surface area contributed by atoms with Gasteiger partial charge in [-0.25, -0.2) is 4.68 Å². The number of para-hydroxylation sites is 1. The first-order chi connectivity index (χ1) is 15.7. The maximum atomic E-state index is 13.2. The van der Waals surface area contributed by atoms with Crippen molar-refractivity contribution in [2.24, 2.45) is 11.8 Å². The Hall–Kier alpha value is -3.41. The highest BCUT2D eigenvalue weighted by atomic mass is 16.2. The lowest BCUT2D eigenvalue weighted by Crippen LogP contribution is -2.39. The van der Waals surface area contributed by atoms with Crippen molar-refractivity contribution in [3.05, 3.63) is 78.0 Å². The molecule has 2 aliphatic rings. The Labute approximate surface area is 188 Å². The predicted octanol–water partition coefficient (Wildman–Crippen LogP) is 4.32. The fraction of sp³-hybridized carbons (Fsp3) is 0.346. The number of aromatic nitrogens is 2. The molecule has 1 aromatic heterocycles. The SMILES string of the molecule is O=C(Nc1cc(C(=O)N2CCC(Cc3ccccc3)CC2)nn1-c1ccccc1)C1CC1. The smallest absolute Gasteiger partial charge is 0.274 e. The van der Waals surface area contributed by atoms with E-state index < -0.39 is 0 Å². The van der Waals surface area contributed by atoms with Crippen molar-refractivity contribution in [1.29, 1.82) is 0 Å². The molecule has 2 aromatic carbocycles. The molecule has 0 unspecified atom stereocenters. The van der Waals surface area contributed by atoms with Crippen LogP contribution in [0.15, 0.2) is 66.7 Å². The molecule has 1 aliphatic carbocycles. The van der Waals surface area contributed by atoms with E-state index in [4.69, 9.17) is 0 Å². The molecular formula is C26H28N4O2.